The van der Waals surface area contributed by atoms with E-state index in [1.807, 2.05) is 0 Å². The molecule has 0 saturated heterocycles. The molecular formula is C12H21N3. The van der Waals surface area contributed by atoms with Crippen molar-refractivity contribution in [3.63, 3.8) is 0 Å². The minimum absolute atomic E-state index is 0.663. The lowest BCUT2D eigenvalue weighted by Gasteiger charge is -2.10. The number of anilines is 1. The number of aromatic nitrogens is 2. The van der Waals surface area contributed by atoms with Gasteiger partial charge in [-0.3, -0.25) is 0 Å². The molecule has 0 radical (unpaired) electrons. The predicted octanol–water partition coefficient (Wildman–Crippen LogP) is 2.67. The van der Waals surface area contributed by atoms with Gasteiger partial charge in [-0.05, 0) is 31.6 Å². The van der Waals surface area contributed by atoms with Crippen LogP contribution in [0.4, 0.5) is 5.95 Å². The molecule has 15 heavy (non-hydrogen) atoms. The van der Waals surface area contributed by atoms with Crippen LogP contribution >= 0.6 is 0 Å². The molecule has 3 heteroatoms. The number of nitrogens with one attached hydrogen (secondary N) is 1. The van der Waals surface area contributed by atoms with Crippen molar-refractivity contribution in [2.75, 3.05) is 11.9 Å². The van der Waals surface area contributed by atoms with Gasteiger partial charge < -0.3 is 9.88 Å². The summed E-state index contributed by atoms with van der Waals surface area (Å²) in [4.78, 5) is 4.52. The smallest absolute Gasteiger partial charge is 0.203 e. The molecule has 1 fully saturated rings. The van der Waals surface area contributed by atoms with E-state index in [0.29, 0.717) is 5.92 Å². The highest BCUT2D eigenvalue weighted by Crippen LogP contribution is 2.31. The molecule has 0 unspecified atom stereocenters. The number of hydrogen-bond donors (Lipinski definition) is 1. The lowest BCUT2D eigenvalue weighted by atomic mass is 10.2. The highest BCUT2D eigenvalue weighted by Gasteiger charge is 2.22. The van der Waals surface area contributed by atoms with Crippen molar-refractivity contribution in [3.8, 4) is 0 Å². The van der Waals surface area contributed by atoms with Gasteiger partial charge in [-0.2, -0.15) is 0 Å². The Morgan fingerprint density at radius 2 is 2.27 bits per heavy atom. The van der Waals surface area contributed by atoms with E-state index in [9.17, 15) is 0 Å². The number of nitrogens with zero attached hydrogens (tertiary/aromatic N) is 2. The zero-order valence-electron chi connectivity index (χ0n) is 9.95. The Bertz CT molecular complexity index is 324. The van der Waals surface area contributed by atoms with Crippen molar-refractivity contribution in [1.29, 1.82) is 0 Å². The average molecular weight is 207 g/mol. The highest BCUT2D eigenvalue weighted by atomic mass is 15.2. The van der Waals surface area contributed by atoms with Crippen molar-refractivity contribution >= 4 is 5.95 Å². The van der Waals surface area contributed by atoms with Crippen LogP contribution in [0.2, 0.25) is 0 Å². The zero-order valence-corrected chi connectivity index (χ0v) is 9.95. The summed E-state index contributed by atoms with van der Waals surface area (Å²) in [5.41, 5.74) is 1.11. The molecule has 0 spiro atoms. The Hall–Kier alpha value is -0.990. The van der Waals surface area contributed by atoms with Crippen LogP contribution in [0.5, 0.6) is 0 Å². The third kappa shape index (κ3) is 2.98. The molecule has 1 heterocycles. The van der Waals surface area contributed by atoms with Crippen LogP contribution < -0.4 is 5.32 Å². The van der Waals surface area contributed by atoms with Crippen molar-refractivity contribution < 1.29 is 0 Å². The molecule has 0 amide bonds. The Morgan fingerprint density at radius 3 is 2.87 bits per heavy atom. The molecule has 1 aliphatic carbocycles. The fourth-order valence-electron chi connectivity index (χ4n) is 1.70. The molecule has 0 bridgehead atoms. The van der Waals surface area contributed by atoms with E-state index in [0.717, 1.165) is 30.6 Å². The van der Waals surface area contributed by atoms with Gasteiger partial charge in [0.1, 0.15) is 0 Å². The summed E-state index contributed by atoms with van der Waals surface area (Å²) < 4.78 is 2.27. The van der Waals surface area contributed by atoms with E-state index < -0.39 is 0 Å². The largest absolute Gasteiger partial charge is 0.355 e. The highest BCUT2D eigenvalue weighted by molar-refractivity contribution is 5.28. The lowest BCUT2D eigenvalue weighted by molar-refractivity contribution is 0.620. The molecule has 1 aromatic heterocycles. The first-order valence-corrected chi connectivity index (χ1v) is 5.93. The molecule has 3 nitrogen and oxygen atoms in total. The van der Waals surface area contributed by atoms with E-state index >= 15 is 0 Å². The van der Waals surface area contributed by atoms with Gasteiger partial charge >= 0.3 is 0 Å². The second-order valence-electron chi connectivity index (χ2n) is 5.08. The first-order chi connectivity index (χ1) is 7.15. The van der Waals surface area contributed by atoms with Crippen molar-refractivity contribution in [1.82, 2.24) is 9.55 Å². The summed E-state index contributed by atoms with van der Waals surface area (Å²) in [6.45, 7) is 8.63. The Labute approximate surface area is 91.9 Å². The summed E-state index contributed by atoms with van der Waals surface area (Å²) in [6, 6.07) is 0. The summed E-state index contributed by atoms with van der Waals surface area (Å²) >= 11 is 0. The quantitative estimate of drug-likeness (QED) is 0.804. The van der Waals surface area contributed by atoms with Gasteiger partial charge in [0.05, 0.1) is 5.69 Å². The van der Waals surface area contributed by atoms with Crippen molar-refractivity contribution in [3.05, 3.63) is 11.9 Å². The van der Waals surface area contributed by atoms with Gasteiger partial charge in [-0.15, -0.1) is 0 Å². The summed E-state index contributed by atoms with van der Waals surface area (Å²) in [5.74, 6) is 2.61. The predicted molar refractivity (Wildman–Crippen MR) is 63.0 cm³/mol. The summed E-state index contributed by atoms with van der Waals surface area (Å²) in [7, 11) is 0. The molecule has 1 N–H and O–H groups in total. The Morgan fingerprint density at radius 1 is 1.53 bits per heavy atom. The molecule has 1 saturated carbocycles. The van der Waals surface area contributed by atoms with Gasteiger partial charge in [-0.1, -0.05) is 13.8 Å². The molecule has 84 valence electrons. The summed E-state index contributed by atoms with van der Waals surface area (Å²) in [6.07, 6.45) is 4.93. The minimum atomic E-state index is 0.663. The van der Waals surface area contributed by atoms with Gasteiger partial charge in [0.25, 0.3) is 0 Å². The lowest BCUT2D eigenvalue weighted by Crippen LogP contribution is -2.13. The molecule has 2 rings (SSSR count). The van der Waals surface area contributed by atoms with Gasteiger partial charge in [0.2, 0.25) is 5.95 Å². The third-order valence-corrected chi connectivity index (χ3v) is 2.72. The van der Waals surface area contributed by atoms with Crippen molar-refractivity contribution in [2.24, 2.45) is 11.8 Å². The average Bonchev–Trinajstić information content (AvgIpc) is 2.88. The Balaban J connectivity index is 1.99. The van der Waals surface area contributed by atoms with Gasteiger partial charge in [-0.25, -0.2) is 4.98 Å². The number of imidazole rings is 1. The van der Waals surface area contributed by atoms with Crippen molar-refractivity contribution in [2.45, 2.75) is 40.2 Å². The van der Waals surface area contributed by atoms with Crippen LogP contribution in [0.15, 0.2) is 6.20 Å². The number of aryl methyl sites for hydroxylation is 1. The second kappa shape index (κ2) is 4.25. The molecule has 1 aromatic rings. The monoisotopic (exact) mass is 207 g/mol. The van der Waals surface area contributed by atoms with Crippen LogP contribution in [0, 0.1) is 18.8 Å². The van der Waals surface area contributed by atoms with E-state index in [1.165, 1.54) is 12.8 Å². The zero-order chi connectivity index (χ0) is 10.8. The van der Waals surface area contributed by atoms with Crippen LogP contribution in [-0.2, 0) is 6.54 Å². The van der Waals surface area contributed by atoms with Gasteiger partial charge in [0.15, 0.2) is 0 Å². The van der Waals surface area contributed by atoms with E-state index in [1.54, 1.807) is 0 Å². The topological polar surface area (TPSA) is 29.9 Å². The van der Waals surface area contributed by atoms with E-state index in [2.05, 4.69) is 41.8 Å². The van der Waals surface area contributed by atoms with Gasteiger partial charge in [0, 0.05) is 19.3 Å². The fraction of sp³-hybridized carbons (Fsp3) is 0.750. The molecular weight excluding hydrogens is 186 g/mol. The maximum absolute atomic E-state index is 4.52. The number of hydrogen-bond acceptors (Lipinski definition) is 2. The maximum atomic E-state index is 4.52. The minimum Gasteiger partial charge on any atom is -0.355 e. The molecule has 1 aliphatic rings. The van der Waals surface area contributed by atoms with E-state index in [-0.39, 0.29) is 0 Å². The molecule has 0 aliphatic heterocycles. The second-order valence-corrected chi connectivity index (χ2v) is 5.08. The van der Waals surface area contributed by atoms with Crippen LogP contribution in [0.1, 0.15) is 32.4 Å². The Kier molecular flexibility index (Phi) is 2.98. The summed E-state index contributed by atoms with van der Waals surface area (Å²) in [5, 5.41) is 3.42. The maximum Gasteiger partial charge on any atom is 0.203 e. The van der Waals surface area contributed by atoms with Crippen LogP contribution in [-0.4, -0.2) is 16.1 Å². The third-order valence-electron chi connectivity index (χ3n) is 2.72. The SMILES string of the molecule is Cc1cn(CC2CC2)c(NCC(C)C)n1. The first-order valence-electron chi connectivity index (χ1n) is 5.93. The first kappa shape index (κ1) is 10.5. The number of rotatable bonds is 5. The fourth-order valence-corrected chi connectivity index (χ4v) is 1.70. The van der Waals surface area contributed by atoms with Crippen LogP contribution in [0.3, 0.4) is 0 Å². The van der Waals surface area contributed by atoms with E-state index in [4.69, 9.17) is 0 Å². The standard InChI is InChI=1S/C12H21N3/c1-9(2)6-13-12-14-10(3)7-15(12)8-11-4-5-11/h7,9,11H,4-6,8H2,1-3H3,(H,13,14). The molecule has 0 aromatic carbocycles. The normalized spacial score (nSPS) is 16.0. The molecule has 0 atom stereocenters. The van der Waals surface area contributed by atoms with Crippen LogP contribution in [0.25, 0.3) is 0 Å².